The van der Waals surface area contributed by atoms with Crippen LogP contribution < -0.4 is 0 Å². The van der Waals surface area contributed by atoms with Crippen molar-refractivity contribution in [3.8, 4) is 0 Å². The van der Waals surface area contributed by atoms with Crippen molar-refractivity contribution in [3.63, 3.8) is 0 Å². The third-order valence-corrected chi connectivity index (χ3v) is 16.9. The molecule has 3 saturated carbocycles. The van der Waals surface area contributed by atoms with Crippen LogP contribution in [-0.4, -0.2) is 14.4 Å². The third kappa shape index (κ3) is 5.41. The van der Waals surface area contributed by atoms with Crippen LogP contribution in [0.3, 0.4) is 0 Å². The van der Waals surface area contributed by atoms with E-state index in [9.17, 15) is 0 Å². The van der Waals surface area contributed by atoms with E-state index in [1.165, 1.54) is 96.3 Å². The van der Waals surface area contributed by atoms with E-state index in [2.05, 4.69) is 60.7 Å². The Morgan fingerprint density at radius 1 is 0.886 bits per heavy atom. The van der Waals surface area contributed by atoms with Gasteiger partial charge in [0, 0.05) is 0 Å². The summed E-state index contributed by atoms with van der Waals surface area (Å²) in [5.41, 5.74) is 2.89. The Morgan fingerprint density at radius 2 is 1.60 bits per heavy atom. The van der Waals surface area contributed by atoms with E-state index in [0.29, 0.717) is 22.0 Å². The average Bonchev–Trinajstić information content (AvgIpc) is 3.12. The molecule has 0 amide bonds. The Hall–Kier alpha value is -0.0831. The summed E-state index contributed by atoms with van der Waals surface area (Å²) in [4.78, 5) is 0. The standard InChI is InChI=1S/C33H60OSi/c1-9-10-11-12-13-14-15-25-17-19-29-28-18-16-26-24-27(34-35(7,8)31(2,3)4)20-22-33(26,6)30(28)21-23-32(25,29)5/h24-25,27-30H,9-23H2,1-8H3/t25-,27-,28-,29-,30-,32+,33-/m0/s1. The minimum absolute atomic E-state index is 0.298. The van der Waals surface area contributed by atoms with Crippen molar-refractivity contribution >= 4 is 8.32 Å². The predicted molar refractivity (Wildman–Crippen MR) is 155 cm³/mol. The predicted octanol–water partition coefficient (Wildman–Crippen LogP) is 10.7. The number of rotatable bonds is 9. The Kier molecular flexibility index (Phi) is 8.45. The molecule has 0 aromatic heterocycles. The Bertz CT molecular complexity index is 747. The van der Waals surface area contributed by atoms with Gasteiger partial charge in [0.2, 0.25) is 0 Å². The zero-order chi connectivity index (χ0) is 25.5. The molecule has 202 valence electrons. The number of hydrogen-bond acceptors (Lipinski definition) is 1. The van der Waals surface area contributed by atoms with Crippen LogP contribution in [0.1, 0.15) is 138 Å². The van der Waals surface area contributed by atoms with Crippen molar-refractivity contribution < 1.29 is 4.43 Å². The highest BCUT2D eigenvalue weighted by Gasteiger charge is 2.58. The van der Waals surface area contributed by atoms with Gasteiger partial charge in [-0.3, -0.25) is 0 Å². The van der Waals surface area contributed by atoms with Gasteiger partial charge in [0.05, 0.1) is 6.10 Å². The van der Waals surface area contributed by atoms with Crippen LogP contribution in [0.15, 0.2) is 11.6 Å². The van der Waals surface area contributed by atoms with Crippen molar-refractivity contribution in [2.24, 2.45) is 34.5 Å². The fraction of sp³-hybridized carbons (Fsp3) is 0.939. The topological polar surface area (TPSA) is 9.23 Å². The Morgan fingerprint density at radius 3 is 2.31 bits per heavy atom. The minimum Gasteiger partial charge on any atom is -0.411 e. The zero-order valence-corrected chi connectivity index (χ0v) is 26.0. The van der Waals surface area contributed by atoms with Crippen LogP contribution in [0.25, 0.3) is 0 Å². The minimum atomic E-state index is -1.71. The third-order valence-electron chi connectivity index (χ3n) is 12.4. The lowest BCUT2D eigenvalue weighted by Crippen LogP contribution is -2.51. The highest BCUT2D eigenvalue weighted by molar-refractivity contribution is 6.74. The number of allylic oxidation sites excluding steroid dienone is 1. The highest BCUT2D eigenvalue weighted by atomic mass is 28.4. The van der Waals surface area contributed by atoms with Crippen LogP contribution in [0.4, 0.5) is 0 Å². The molecule has 0 aromatic rings. The fourth-order valence-corrected chi connectivity index (χ4v) is 10.4. The van der Waals surface area contributed by atoms with Gasteiger partial charge < -0.3 is 4.43 Å². The molecular weight excluding hydrogens is 440 g/mol. The molecule has 0 radical (unpaired) electrons. The van der Waals surface area contributed by atoms with Crippen molar-refractivity contribution in [2.45, 2.75) is 162 Å². The van der Waals surface area contributed by atoms with Gasteiger partial charge >= 0.3 is 0 Å². The summed E-state index contributed by atoms with van der Waals surface area (Å²) in [6.45, 7) is 19.7. The van der Waals surface area contributed by atoms with Gasteiger partial charge in [0.15, 0.2) is 8.32 Å². The second kappa shape index (κ2) is 10.6. The Balaban J connectivity index is 1.39. The van der Waals surface area contributed by atoms with Gasteiger partial charge in [-0.25, -0.2) is 0 Å². The van der Waals surface area contributed by atoms with Gasteiger partial charge in [-0.05, 0) is 110 Å². The van der Waals surface area contributed by atoms with Gasteiger partial charge in [0.1, 0.15) is 0 Å². The first kappa shape index (κ1) is 27.9. The molecule has 4 aliphatic carbocycles. The molecule has 35 heavy (non-hydrogen) atoms. The molecule has 0 saturated heterocycles. The lowest BCUT2D eigenvalue weighted by molar-refractivity contribution is -0.0559. The van der Waals surface area contributed by atoms with Crippen LogP contribution in [0, 0.1) is 34.5 Å². The van der Waals surface area contributed by atoms with Crippen molar-refractivity contribution in [1.29, 1.82) is 0 Å². The van der Waals surface area contributed by atoms with E-state index >= 15 is 0 Å². The number of fused-ring (bicyclic) bond motifs is 5. The van der Waals surface area contributed by atoms with E-state index in [4.69, 9.17) is 4.43 Å². The van der Waals surface area contributed by atoms with E-state index < -0.39 is 8.32 Å². The van der Waals surface area contributed by atoms with E-state index in [-0.39, 0.29) is 0 Å². The zero-order valence-electron chi connectivity index (χ0n) is 25.0. The van der Waals surface area contributed by atoms with Gasteiger partial charge in [-0.15, -0.1) is 0 Å². The number of hydrogen-bond donors (Lipinski definition) is 0. The van der Waals surface area contributed by atoms with E-state index in [1.54, 1.807) is 5.57 Å². The molecule has 7 atom stereocenters. The summed E-state index contributed by atoms with van der Waals surface area (Å²) in [5.74, 6) is 3.94. The van der Waals surface area contributed by atoms with E-state index in [0.717, 1.165) is 23.7 Å². The van der Waals surface area contributed by atoms with Crippen LogP contribution in [-0.2, 0) is 4.43 Å². The lowest BCUT2D eigenvalue weighted by atomic mass is 9.46. The molecular formula is C33H60OSi. The van der Waals surface area contributed by atoms with Crippen LogP contribution in [0.5, 0.6) is 0 Å². The van der Waals surface area contributed by atoms with Crippen molar-refractivity contribution in [3.05, 3.63) is 11.6 Å². The molecule has 0 unspecified atom stereocenters. The molecule has 2 heteroatoms. The maximum absolute atomic E-state index is 6.90. The summed E-state index contributed by atoms with van der Waals surface area (Å²) in [6, 6.07) is 0. The van der Waals surface area contributed by atoms with Crippen molar-refractivity contribution in [2.75, 3.05) is 0 Å². The molecule has 4 rings (SSSR count). The summed E-state index contributed by atoms with van der Waals surface area (Å²) in [5, 5.41) is 0.298. The Labute approximate surface area is 220 Å². The van der Waals surface area contributed by atoms with Crippen molar-refractivity contribution in [1.82, 2.24) is 0 Å². The second-order valence-corrected chi connectivity index (χ2v) is 20.1. The summed E-state index contributed by atoms with van der Waals surface area (Å²) >= 11 is 0. The fourth-order valence-electron chi connectivity index (χ4n) is 9.10. The second-order valence-electron chi connectivity index (χ2n) is 15.4. The first-order valence-corrected chi connectivity index (χ1v) is 18.7. The lowest BCUT2D eigenvalue weighted by Gasteiger charge is -2.59. The monoisotopic (exact) mass is 500 g/mol. The summed E-state index contributed by atoms with van der Waals surface area (Å²) in [7, 11) is -1.71. The normalized spacial score (nSPS) is 39.5. The molecule has 0 spiro atoms. The first-order valence-electron chi connectivity index (χ1n) is 15.8. The van der Waals surface area contributed by atoms with Gasteiger partial charge in [-0.1, -0.05) is 91.7 Å². The summed E-state index contributed by atoms with van der Waals surface area (Å²) in [6.07, 6.45) is 24.7. The molecule has 1 nitrogen and oxygen atoms in total. The van der Waals surface area contributed by atoms with Crippen LogP contribution >= 0.6 is 0 Å². The number of unbranched alkanes of at least 4 members (excludes halogenated alkanes) is 5. The highest BCUT2D eigenvalue weighted by Crippen LogP contribution is 2.67. The molecule has 0 N–H and O–H groups in total. The molecule has 4 aliphatic rings. The maximum Gasteiger partial charge on any atom is 0.192 e. The smallest absolute Gasteiger partial charge is 0.192 e. The van der Waals surface area contributed by atoms with E-state index in [1.807, 2.05) is 0 Å². The molecule has 0 aromatic carbocycles. The van der Waals surface area contributed by atoms with Crippen LogP contribution in [0.2, 0.25) is 18.1 Å². The maximum atomic E-state index is 6.90. The van der Waals surface area contributed by atoms with Gasteiger partial charge in [0.25, 0.3) is 0 Å². The molecule has 0 bridgehead atoms. The SMILES string of the molecule is CCCCCCCC[C@H]1CC[C@H]2[C@@H]3CCC4=C[C@@H](O[Si](C)(C)C(C)(C)C)CC[C@]4(C)[C@H]3CC[C@]12C. The van der Waals surface area contributed by atoms with Gasteiger partial charge in [-0.2, -0.15) is 0 Å². The quantitative estimate of drug-likeness (QED) is 0.174. The molecule has 3 fully saturated rings. The molecule has 0 heterocycles. The first-order chi connectivity index (χ1) is 16.4. The summed E-state index contributed by atoms with van der Waals surface area (Å²) < 4.78 is 6.90. The molecule has 0 aliphatic heterocycles. The largest absolute Gasteiger partial charge is 0.411 e. The average molecular weight is 501 g/mol.